The molecule has 8 aromatic carbocycles. The van der Waals surface area contributed by atoms with Crippen LogP contribution in [0.2, 0.25) is 0 Å². The van der Waals surface area contributed by atoms with E-state index in [1.54, 1.807) is 0 Å². The Kier molecular flexibility index (Phi) is 6.49. The number of nitrogens with zero attached hydrogens (tertiary/aromatic N) is 2. The maximum Gasteiger partial charge on any atom is 0.149 e. The number of hydrogen-bond acceptors (Lipinski definition) is 2. The normalized spacial score (nSPS) is 11.6. The summed E-state index contributed by atoms with van der Waals surface area (Å²) in [5, 5.41) is 6.01. The molecular formula is C47H30N2O. The highest BCUT2D eigenvalue weighted by Crippen LogP contribution is 2.42. The third-order valence-electron chi connectivity index (χ3n) is 9.88. The Labute approximate surface area is 289 Å². The van der Waals surface area contributed by atoms with Gasteiger partial charge in [0.15, 0.2) is 0 Å². The Morgan fingerprint density at radius 2 is 1.02 bits per heavy atom. The van der Waals surface area contributed by atoms with Crippen LogP contribution in [0.3, 0.4) is 0 Å². The molecule has 3 nitrogen and oxygen atoms in total. The Morgan fingerprint density at radius 3 is 1.78 bits per heavy atom. The van der Waals surface area contributed by atoms with E-state index in [4.69, 9.17) is 9.40 Å². The number of fused-ring (bicyclic) bond motifs is 5. The zero-order chi connectivity index (χ0) is 33.0. The van der Waals surface area contributed by atoms with Gasteiger partial charge in [-0.1, -0.05) is 146 Å². The molecule has 0 aliphatic rings. The van der Waals surface area contributed by atoms with Crippen molar-refractivity contribution in [1.29, 1.82) is 0 Å². The summed E-state index contributed by atoms with van der Waals surface area (Å²) in [7, 11) is 0. The monoisotopic (exact) mass is 638 g/mol. The van der Waals surface area contributed by atoms with Crippen molar-refractivity contribution in [2.45, 2.75) is 0 Å². The van der Waals surface area contributed by atoms with Gasteiger partial charge in [-0.2, -0.15) is 0 Å². The first-order valence-electron chi connectivity index (χ1n) is 17.0. The highest BCUT2D eigenvalue weighted by molar-refractivity contribution is 6.09. The minimum absolute atomic E-state index is 0.827. The largest absolute Gasteiger partial charge is 0.464 e. The highest BCUT2D eigenvalue weighted by Gasteiger charge is 2.23. The van der Waals surface area contributed by atoms with Gasteiger partial charge in [0.25, 0.3) is 0 Å². The van der Waals surface area contributed by atoms with Crippen LogP contribution >= 0.6 is 0 Å². The molecule has 234 valence electrons. The average molecular weight is 639 g/mol. The summed E-state index contributed by atoms with van der Waals surface area (Å²) in [5.41, 5.74) is 11.7. The molecule has 0 fully saturated rings. The van der Waals surface area contributed by atoms with Crippen LogP contribution in [-0.4, -0.2) is 9.55 Å². The fourth-order valence-electron chi connectivity index (χ4n) is 7.48. The molecule has 0 aliphatic carbocycles. The van der Waals surface area contributed by atoms with Crippen LogP contribution in [0.15, 0.2) is 187 Å². The lowest BCUT2D eigenvalue weighted by Crippen LogP contribution is -2.03. The molecule has 10 rings (SSSR count). The zero-order valence-electron chi connectivity index (χ0n) is 27.1. The van der Waals surface area contributed by atoms with Crippen molar-refractivity contribution < 1.29 is 4.42 Å². The maximum absolute atomic E-state index is 6.29. The van der Waals surface area contributed by atoms with Crippen LogP contribution in [0.5, 0.6) is 0 Å². The van der Waals surface area contributed by atoms with Crippen molar-refractivity contribution >= 4 is 43.5 Å². The van der Waals surface area contributed by atoms with Crippen molar-refractivity contribution in [3.8, 4) is 50.5 Å². The van der Waals surface area contributed by atoms with Gasteiger partial charge in [-0.3, -0.25) is 4.57 Å². The highest BCUT2D eigenvalue weighted by atomic mass is 16.3. The van der Waals surface area contributed by atoms with Crippen LogP contribution in [-0.2, 0) is 0 Å². The van der Waals surface area contributed by atoms with E-state index in [-0.39, 0.29) is 0 Å². The molecule has 3 heteroatoms. The Hall–Kier alpha value is -6.71. The Morgan fingerprint density at radius 1 is 0.420 bits per heavy atom. The summed E-state index contributed by atoms with van der Waals surface area (Å²) in [6, 6.07) is 62.5. The van der Waals surface area contributed by atoms with E-state index >= 15 is 0 Å². The van der Waals surface area contributed by atoms with Crippen LogP contribution in [0, 0.1) is 0 Å². The van der Waals surface area contributed by atoms with Gasteiger partial charge in [0.05, 0.1) is 22.3 Å². The number of aromatic nitrogens is 2. The number of benzene rings is 8. The SMILES string of the molecule is c1ccc(-c2cccc(-c3ccccc3)c2-n2c(-c3coc4ccc(-c5ccc6ccc7ccccc7c6c5)cc34)nc3ccccc32)cc1. The predicted molar refractivity (Wildman–Crippen MR) is 208 cm³/mol. The molecule has 2 aromatic heterocycles. The van der Waals surface area contributed by atoms with Crippen LogP contribution in [0.25, 0.3) is 94.0 Å². The number of imidazole rings is 1. The lowest BCUT2D eigenvalue weighted by molar-refractivity contribution is 0.616. The van der Waals surface area contributed by atoms with E-state index in [0.717, 1.165) is 72.5 Å². The average Bonchev–Trinajstić information content (AvgIpc) is 3.79. The topological polar surface area (TPSA) is 31.0 Å². The third kappa shape index (κ3) is 4.56. The molecule has 2 heterocycles. The molecule has 0 unspecified atom stereocenters. The molecule has 0 saturated carbocycles. The second-order valence-corrected chi connectivity index (χ2v) is 12.8. The molecule has 10 aromatic rings. The van der Waals surface area contributed by atoms with Gasteiger partial charge >= 0.3 is 0 Å². The van der Waals surface area contributed by atoms with Gasteiger partial charge in [0.2, 0.25) is 0 Å². The Balaban J connectivity index is 1.23. The van der Waals surface area contributed by atoms with Gasteiger partial charge in [0, 0.05) is 16.5 Å². The van der Waals surface area contributed by atoms with Crippen LogP contribution in [0.1, 0.15) is 0 Å². The van der Waals surface area contributed by atoms with Gasteiger partial charge in [-0.05, 0) is 74.1 Å². The molecule has 0 bridgehead atoms. The van der Waals surface area contributed by atoms with E-state index in [2.05, 4.69) is 180 Å². The fraction of sp³-hybridized carbons (Fsp3) is 0. The smallest absolute Gasteiger partial charge is 0.149 e. The first kappa shape index (κ1) is 28.3. The van der Waals surface area contributed by atoms with Gasteiger partial charge < -0.3 is 4.42 Å². The zero-order valence-corrected chi connectivity index (χ0v) is 27.1. The van der Waals surface area contributed by atoms with Crippen molar-refractivity contribution in [3.63, 3.8) is 0 Å². The first-order chi connectivity index (χ1) is 24.8. The number of rotatable bonds is 5. The molecule has 50 heavy (non-hydrogen) atoms. The van der Waals surface area contributed by atoms with Crippen LogP contribution in [0.4, 0.5) is 0 Å². The quantitative estimate of drug-likeness (QED) is 0.176. The third-order valence-corrected chi connectivity index (χ3v) is 9.88. The minimum atomic E-state index is 0.827. The van der Waals surface area contributed by atoms with Gasteiger partial charge in [0.1, 0.15) is 17.7 Å². The van der Waals surface area contributed by atoms with E-state index < -0.39 is 0 Å². The van der Waals surface area contributed by atoms with Gasteiger partial charge in [-0.25, -0.2) is 4.98 Å². The fourth-order valence-corrected chi connectivity index (χ4v) is 7.48. The summed E-state index contributed by atoms with van der Waals surface area (Å²) >= 11 is 0. The van der Waals surface area contributed by atoms with Crippen molar-refractivity contribution in [2.75, 3.05) is 0 Å². The van der Waals surface area contributed by atoms with E-state index in [1.807, 2.05) is 6.26 Å². The summed E-state index contributed by atoms with van der Waals surface area (Å²) in [4.78, 5) is 5.33. The number of furan rings is 1. The summed E-state index contributed by atoms with van der Waals surface area (Å²) in [5.74, 6) is 0.840. The molecule has 0 atom stereocenters. The molecule has 0 N–H and O–H groups in total. The molecule has 0 saturated heterocycles. The van der Waals surface area contributed by atoms with Crippen LogP contribution < -0.4 is 0 Å². The summed E-state index contributed by atoms with van der Waals surface area (Å²) in [6.45, 7) is 0. The maximum atomic E-state index is 6.29. The molecular weight excluding hydrogens is 609 g/mol. The van der Waals surface area contributed by atoms with E-state index in [0.29, 0.717) is 0 Å². The second-order valence-electron chi connectivity index (χ2n) is 12.8. The molecule has 0 radical (unpaired) electrons. The van der Waals surface area contributed by atoms with E-state index in [9.17, 15) is 0 Å². The molecule has 0 spiro atoms. The Bertz CT molecular complexity index is 2810. The predicted octanol–water partition coefficient (Wildman–Crippen LogP) is 12.7. The van der Waals surface area contributed by atoms with Gasteiger partial charge in [-0.15, -0.1) is 0 Å². The lowest BCUT2D eigenvalue weighted by atomic mass is 9.95. The minimum Gasteiger partial charge on any atom is -0.464 e. The standard InChI is InChI=1S/C47H30N2O/c1-3-12-31(13-4-1)38-18-11-19-39(32-14-5-2-6-15-32)46(38)49-44-21-10-9-20-43(44)48-47(49)42-30-50-45-27-26-36(29-41(42)45)35-25-24-34-23-22-33-16-7-8-17-37(33)40(34)28-35/h1-30H. The summed E-state index contributed by atoms with van der Waals surface area (Å²) < 4.78 is 8.62. The first-order valence-corrected chi connectivity index (χ1v) is 17.0. The van der Waals surface area contributed by atoms with E-state index in [1.165, 1.54) is 21.5 Å². The number of hydrogen-bond donors (Lipinski definition) is 0. The molecule has 0 aliphatic heterocycles. The van der Waals surface area contributed by atoms with Crippen molar-refractivity contribution in [3.05, 3.63) is 182 Å². The molecule has 0 amide bonds. The number of para-hydroxylation sites is 3. The lowest BCUT2D eigenvalue weighted by Gasteiger charge is -2.19. The van der Waals surface area contributed by atoms with Crippen molar-refractivity contribution in [1.82, 2.24) is 9.55 Å². The van der Waals surface area contributed by atoms with Crippen molar-refractivity contribution in [2.24, 2.45) is 0 Å². The second kappa shape index (κ2) is 11.5. The summed E-state index contributed by atoms with van der Waals surface area (Å²) in [6.07, 6.45) is 1.87.